The van der Waals surface area contributed by atoms with Crippen LogP contribution in [0.5, 0.6) is 0 Å². The van der Waals surface area contributed by atoms with Crippen LogP contribution in [0.25, 0.3) is 0 Å². The highest BCUT2D eigenvalue weighted by Gasteiger charge is 2.29. The second kappa shape index (κ2) is 4.31. The van der Waals surface area contributed by atoms with E-state index in [-0.39, 0.29) is 17.2 Å². The van der Waals surface area contributed by atoms with Crippen molar-refractivity contribution < 1.29 is 9.18 Å². The molecule has 1 aromatic rings. The van der Waals surface area contributed by atoms with Crippen LogP contribution in [0.2, 0.25) is 0 Å². The Morgan fingerprint density at radius 3 is 2.53 bits per heavy atom. The molecule has 1 rings (SSSR count). The second-order valence-corrected chi connectivity index (χ2v) is 4.60. The molecule has 0 spiro atoms. The number of hydrogen-bond acceptors (Lipinski definition) is 1. The normalized spacial score (nSPS) is 11.5. The van der Waals surface area contributed by atoms with E-state index < -0.39 is 11.2 Å². The predicted molar refractivity (Wildman–Crippen MR) is 60.0 cm³/mol. The third-order valence-electron chi connectivity index (χ3n) is 2.32. The van der Waals surface area contributed by atoms with Crippen LogP contribution >= 0.6 is 11.6 Å². The molecule has 0 bridgehead atoms. The van der Waals surface area contributed by atoms with Crippen LogP contribution < -0.4 is 0 Å². The molecule has 0 saturated carbocycles. The number of aryl methyl sites for hydroxylation is 1. The minimum atomic E-state index is -0.725. The average molecular weight is 229 g/mol. The van der Waals surface area contributed by atoms with Crippen molar-refractivity contribution in [3.05, 3.63) is 35.1 Å². The van der Waals surface area contributed by atoms with Crippen LogP contribution in [0.3, 0.4) is 0 Å². The standard InChI is InChI=1S/C12H14ClFO/c1-8-4-5-9(10(14)6-8)11(15)12(2,3)7-13/h4-6H,7H2,1-3H3. The Bertz CT molecular complexity index is 385. The van der Waals surface area contributed by atoms with Crippen molar-refractivity contribution in [1.29, 1.82) is 0 Å². The Hall–Kier alpha value is -0.890. The zero-order valence-corrected chi connectivity index (χ0v) is 9.86. The van der Waals surface area contributed by atoms with E-state index in [4.69, 9.17) is 11.6 Å². The molecule has 0 saturated heterocycles. The van der Waals surface area contributed by atoms with Crippen LogP contribution in [0.4, 0.5) is 4.39 Å². The Morgan fingerprint density at radius 2 is 2.07 bits per heavy atom. The molecular formula is C12H14ClFO. The number of benzene rings is 1. The van der Waals surface area contributed by atoms with Crippen molar-refractivity contribution in [3.63, 3.8) is 0 Å². The number of carbonyl (C=O) groups excluding carboxylic acids is 1. The minimum absolute atomic E-state index is 0.117. The highest BCUT2D eigenvalue weighted by Crippen LogP contribution is 2.25. The lowest BCUT2D eigenvalue weighted by atomic mass is 9.86. The zero-order valence-electron chi connectivity index (χ0n) is 9.10. The Labute approximate surface area is 94.3 Å². The van der Waals surface area contributed by atoms with Gasteiger partial charge in [0.1, 0.15) is 5.82 Å². The molecule has 1 aromatic carbocycles. The largest absolute Gasteiger partial charge is 0.293 e. The topological polar surface area (TPSA) is 17.1 Å². The molecule has 0 amide bonds. The fraction of sp³-hybridized carbons (Fsp3) is 0.417. The van der Waals surface area contributed by atoms with E-state index in [0.29, 0.717) is 0 Å². The molecular weight excluding hydrogens is 215 g/mol. The molecule has 0 radical (unpaired) electrons. The van der Waals surface area contributed by atoms with E-state index in [9.17, 15) is 9.18 Å². The molecule has 82 valence electrons. The minimum Gasteiger partial charge on any atom is -0.293 e. The van der Waals surface area contributed by atoms with Crippen molar-refractivity contribution in [2.45, 2.75) is 20.8 Å². The maximum absolute atomic E-state index is 13.5. The summed E-state index contributed by atoms with van der Waals surface area (Å²) >= 11 is 5.68. The van der Waals surface area contributed by atoms with Crippen LogP contribution in [0, 0.1) is 18.2 Å². The van der Waals surface area contributed by atoms with Gasteiger partial charge in [0.15, 0.2) is 5.78 Å². The molecule has 0 atom stereocenters. The SMILES string of the molecule is Cc1ccc(C(=O)C(C)(C)CCl)c(F)c1. The van der Waals surface area contributed by atoms with E-state index >= 15 is 0 Å². The first-order chi connectivity index (χ1) is 6.88. The number of Topliss-reactive ketones (excluding diaryl/α,β-unsaturated/α-hetero) is 1. The number of alkyl halides is 1. The van der Waals surface area contributed by atoms with E-state index in [2.05, 4.69) is 0 Å². The smallest absolute Gasteiger partial charge is 0.172 e. The Morgan fingerprint density at radius 1 is 1.47 bits per heavy atom. The summed E-state index contributed by atoms with van der Waals surface area (Å²) in [6.45, 7) is 5.20. The van der Waals surface area contributed by atoms with E-state index in [1.165, 1.54) is 12.1 Å². The number of rotatable bonds is 3. The molecule has 0 fully saturated rings. The summed E-state index contributed by atoms with van der Waals surface area (Å²) in [5, 5.41) is 0. The third-order valence-corrected chi connectivity index (χ3v) is 2.99. The van der Waals surface area contributed by atoms with Gasteiger partial charge in [-0.15, -0.1) is 11.6 Å². The van der Waals surface area contributed by atoms with Crippen molar-refractivity contribution in [3.8, 4) is 0 Å². The van der Waals surface area contributed by atoms with E-state index in [0.717, 1.165) is 5.56 Å². The van der Waals surface area contributed by atoms with Crippen LogP contribution in [-0.4, -0.2) is 11.7 Å². The molecule has 0 heterocycles. The first-order valence-corrected chi connectivity index (χ1v) is 5.29. The summed E-state index contributed by atoms with van der Waals surface area (Å²) in [6.07, 6.45) is 0. The highest BCUT2D eigenvalue weighted by atomic mass is 35.5. The highest BCUT2D eigenvalue weighted by molar-refractivity contribution is 6.21. The summed E-state index contributed by atoms with van der Waals surface area (Å²) in [4.78, 5) is 11.9. The number of ketones is 1. The van der Waals surface area contributed by atoms with Crippen molar-refractivity contribution in [2.24, 2.45) is 5.41 Å². The monoisotopic (exact) mass is 228 g/mol. The Balaban J connectivity index is 3.12. The quantitative estimate of drug-likeness (QED) is 0.571. The van der Waals surface area contributed by atoms with Gasteiger partial charge in [-0.2, -0.15) is 0 Å². The molecule has 0 aromatic heterocycles. The second-order valence-electron chi connectivity index (χ2n) is 4.33. The van der Waals surface area contributed by atoms with Gasteiger partial charge in [0.2, 0.25) is 0 Å². The molecule has 0 aliphatic heterocycles. The summed E-state index contributed by atoms with van der Waals surface area (Å²) in [7, 11) is 0. The molecule has 0 aliphatic rings. The lowest BCUT2D eigenvalue weighted by Crippen LogP contribution is -2.27. The van der Waals surface area contributed by atoms with Gasteiger partial charge in [0.25, 0.3) is 0 Å². The number of hydrogen-bond donors (Lipinski definition) is 0. The van der Waals surface area contributed by atoms with Gasteiger partial charge in [0, 0.05) is 11.3 Å². The Kier molecular flexibility index (Phi) is 3.50. The summed E-state index contributed by atoms with van der Waals surface area (Å²) in [6, 6.07) is 4.60. The van der Waals surface area contributed by atoms with Gasteiger partial charge in [0.05, 0.1) is 5.56 Å². The summed E-state index contributed by atoms with van der Waals surface area (Å²) in [5.41, 5.74) is 0.191. The molecule has 3 heteroatoms. The van der Waals surface area contributed by atoms with Gasteiger partial charge < -0.3 is 0 Å². The molecule has 0 aliphatic carbocycles. The summed E-state index contributed by atoms with van der Waals surface area (Å²) < 4.78 is 13.5. The first-order valence-electron chi connectivity index (χ1n) is 4.75. The molecule has 0 unspecified atom stereocenters. The predicted octanol–water partition coefficient (Wildman–Crippen LogP) is 3.58. The zero-order chi connectivity index (χ0) is 11.6. The maximum Gasteiger partial charge on any atom is 0.172 e. The fourth-order valence-corrected chi connectivity index (χ4v) is 1.35. The lowest BCUT2D eigenvalue weighted by Gasteiger charge is -2.19. The third kappa shape index (κ3) is 2.57. The van der Waals surface area contributed by atoms with Crippen LogP contribution in [0.1, 0.15) is 29.8 Å². The molecule has 0 N–H and O–H groups in total. The van der Waals surface area contributed by atoms with Gasteiger partial charge >= 0.3 is 0 Å². The van der Waals surface area contributed by atoms with Gasteiger partial charge in [-0.25, -0.2) is 4.39 Å². The van der Waals surface area contributed by atoms with Gasteiger partial charge in [-0.05, 0) is 24.6 Å². The molecule has 1 nitrogen and oxygen atoms in total. The molecule has 15 heavy (non-hydrogen) atoms. The van der Waals surface area contributed by atoms with Gasteiger partial charge in [-0.3, -0.25) is 4.79 Å². The lowest BCUT2D eigenvalue weighted by molar-refractivity contribution is 0.0857. The van der Waals surface area contributed by atoms with Crippen LogP contribution in [-0.2, 0) is 0 Å². The fourth-order valence-electron chi connectivity index (χ4n) is 1.23. The van der Waals surface area contributed by atoms with E-state index in [1.807, 2.05) is 0 Å². The summed E-state index contributed by atoms with van der Waals surface area (Å²) in [5.74, 6) is -0.549. The van der Waals surface area contributed by atoms with Crippen LogP contribution in [0.15, 0.2) is 18.2 Å². The van der Waals surface area contributed by atoms with Gasteiger partial charge in [-0.1, -0.05) is 19.9 Å². The van der Waals surface area contributed by atoms with Crippen molar-refractivity contribution >= 4 is 17.4 Å². The van der Waals surface area contributed by atoms with Crippen molar-refractivity contribution in [1.82, 2.24) is 0 Å². The van der Waals surface area contributed by atoms with E-state index in [1.54, 1.807) is 26.8 Å². The number of halogens is 2. The van der Waals surface area contributed by atoms with Crippen molar-refractivity contribution in [2.75, 3.05) is 5.88 Å². The first kappa shape index (κ1) is 12.2. The maximum atomic E-state index is 13.5. The average Bonchev–Trinajstić information content (AvgIpc) is 2.17. The number of carbonyl (C=O) groups is 1.